The van der Waals surface area contributed by atoms with E-state index in [1.165, 1.54) is 0 Å². The number of rotatable bonds is 2. The Morgan fingerprint density at radius 2 is 1.65 bits per heavy atom. The summed E-state index contributed by atoms with van der Waals surface area (Å²) in [5, 5.41) is 0.908. The predicted molar refractivity (Wildman–Crippen MR) is 71.8 cm³/mol. The zero-order valence-electron chi connectivity index (χ0n) is 7.99. The highest BCUT2D eigenvalue weighted by atomic mass is 79.9. The lowest BCUT2D eigenvalue weighted by Gasteiger charge is -2.06. The lowest BCUT2D eigenvalue weighted by atomic mass is 10.3. The molecule has 0 radical (unpaired) electrons. The van der Waals surface area contributed by atoms with Gasteiger partial charge in [0.25, 0.3) is 0 Å². The molecular weight excluding hydrogens is 397 g/mol. The van der Waals surface area contributed by atoms with E-state index in [9.17, 15) is 0 Å². The maximum absolute atomic E-state index is 5.95. The summed E-state index contributed by atoms with van der Waals surface area (Å²) in [6.45, 7) is 0. The largest absolute Gasteiger partial charge is 0.423 e. The Labute approximate surface area is 124 Å². The summed E-state index contributed by atoms with van der Waals surface area (Å²) in [5.74, 6) is 0.418. The van der Waals surface area contributed by atoms with E-state index < -0.39 is 0 Å². The Morgan fingerprint density at radius 1 is 1.00 bits per heavy atom. The van der Waals surface area contributed by atoms with Gasteiger partial charge in [-0.2, -0.15) is 15.0 Å². The Hall–Kier alpha value is -0.430. The van der Waals surface area contributed by atoms with E-state index >= 15 is 0 Å². The van der Waals surface area contributed by atoms with Crippen molar-refractivity contribution in [3.05, 3.63) is 37.7 Å². The van der Waals surface area contributed by atoms with Gasteiger partial charge in [-0.15, -0.1) is 0 Å². The second-order valence-electron chi connectivity index (χ2n) is 2.83. The molecule has 8 heteroatoms. The van der Waals surface area contributed by atoms with E-state index in [4.69, 9.17) is 27.9 Å². The number of halogens is 4. The van der Waals surface area contributed by atoms with Crippen LogP contribution in [0.3, 0.4) is 0 Å². The van der Waals surface area contributed by atoms with Crippen LogP contribution in [0.4, 0.5) is 0 Å². The van der Waals surface area contributed by atoms with E-state index in [0.717, 1.165) is 0 Å². The topological polar surface area (TPSA) is 47.9 Å². The average molecular weight is 400 g/mol. The monoisotopic (exact) mass is 397 g/mol. The molecule has 1 aromatic heterocycles. The van der Waals surface area contributed by atoms with Crippen molar-refractivity contribution in [1.82, 2.24) is 15.0 Å². The summed E-state index contributed by atoms with van der Waals surface area (Å²) < 4.78 is 6.13. The molecule has 0 amide bonds. The van der Waals surface area contributed by atoms with Crippen LogP contribution < -0.4 is 4.74 Å². The Kier molecular flexibility index (Phi) is 4.19. The van der Waals surface area contributed by atoms with Gasteiger partial charge in [-0.25, -0.2) is 0 Å². The smallest absolute Gasteiger partial charge is 0.327 e. The van der Waals surface area contributed by atoms with Gasteiger partial charge in [0.15, 0.2) is 0 Å². The van der Waals surface area contributed by atoms with Gasteiger partial charge >= 0.3 is 6.01 Å². The van der Waals surface area contributed by atoms with Crippen molar-refractivity contribution in [3.8, 4) is 11.8 Å². The van der Waals surface area contributed by atoms with Crippen molar-refractivity contribution in [2.45, 2.75) is 0 Å². The van der Waals surface area contributed by atoms with Gasteiger partial charge in [0.2, 0.25) is 9.47 Å². The Morgan fingerprint density at radius 3 is 2.24 bits per heavy atom. The number of benzene rings is 1. The molecule has 0 spiro atoms. The molecule has 0 aliphatic carbocycles. The molecule has 4 nitrogen and oxygen atoms in total. The normalized spacial score (nSPS) is 10.4. The Balaban J connectivity index is 2.31. The quantitative estimate of drug-likeness (QED) is 0.746. The minimum atomic E-state index is 0.128. The average Bonchev–Trinajstić information content (AvgIpc) is 2.21. The maximum atomic E-state index is 5.95. The lowest BCUT2D eigenvalue weighted by molar-refractivity contribution is 0.436. The molecule has 1 aromatic carbocycles. The van der Waals surface area contributed by atoms with Gasteiger partial charge in [-0.3, -0.25) is 0 Å². The molecular formula is C9H3Br2Cl2N3O. The number of hydrogen-bond donors (Lipinski definition) is 0. The van der Waals surface area contributed by atoms with Crippen molar-refractivity contribution in [3.63, 3.8) is 0 Å². The van der Waals surface area contributed by atoms with Crippen LogP contribution in [0.1, 0.15) is 0 Å². The van der Waals surface area contributed by atoms with Crippen LogP contribution in [-0.4, -0.2) is 15.0 Å². The van der Waals surface area contributed by atoms with Crippen LogP contribution in [0.15, 0.2) is 27.7 Å². The lowest BCUT2D eigenvalue weighted by Crippen LogP contribution is -1.95. The number of nitrogens with zero attached hydrogens (tertiary/aromatic N) is 3. The SMILES string of the molecule is Clc1ccc(Oc2nc(Br)nc(Br)n2)c(Cl)c1. The third-order valence-corrected chi connectivity index (χ3v) is 2.90. The van der Waals surface area contributed by atoms with E-state index in [1.54, 1.807) is 18.2 Å². The molecule has 1 heterocycles. The first-order valence-electron chi connectivity index (χ1n) is 4.24. The van der Waals surface area contributed by atoms with Gasteiger partial charge in [0, 0.05) is 5.02 Å². The fourth-order valence-corrected chi connectivity index (χ4v) is 2.34. The van der Waals surface area contributed by atoms with E-state index in [-0.39, 0.29) is 6.01 Å². The maximum Gasteiger partial charge on any atom is 0.327 e. The molecule has 2 aromatic rings. The van der Waals surface area contributed by atoms with Crippen LogP contribution in [-0.2, 0) is 0 Å². The highest BCUT2D eigenvalue weighted by molar-refractivity contribution is 9.11. The molecule has 0 N–H and O–H groups in total. The first kappa shape index (κ1) is 13.0. The Bertz CT molecular complexity index is 548. The minimum Gasteiger partial charge on any atom is -0.423 e. The molecule has 88 valence electrons. The second kappa shape index (κ2) is 5.48. The van der Waals surface area contributed by atoms with Crippen molar-refractivity contribution in [2.75, 3.05) is 0 Å². The molecule has 0 aliphatic heterocycles. The summed E-state index contributed by atoms with van der Waals surface area (Å²) in [7, 11) is 0. The molecule has 0 unspecified atom stereocenters. The van der Waals surface area contributed by atoms with E-state index in [1.807, 2.05) is 0 Å². The summed E-state index contributed by atoms with van der Waals surface area (Å²) >= 11 is 18.0. The third-order valence-electron chi connectivity index (χ3n) is 1.66. The number of hydrogen-bond acceptors (Lipinski definition) is 4. The van der Waals surface area contributed by atoms with Gasteiger partial charge in [-0.1, -0.05) is 23.2 Å². The van der Waals surface area contributed by atoms with Crippen LogP contribution in [0.5, 0.6) is 11.8 Å². The number of ether oxygens (including phenoxy) is 1. The van der Waals surface area contributed by atoms with E-state index in [0.29, 0.717) is 25.3 Å². The molecule has 0 atom stereocenters. The molecule has 2 rings (SSSR count). The molecule has 0 saturated carbocycles. The second-order valence-corrected chi connectivity index (χ2v) is 5.10. The van der Waals surface area contributed by atoms with Gasteiger partial charge < -0.3 is 4.74 Å². The summed E-state index contributed by atoms with van der Waals surface area (Å²) in [6, 6.07) is 5.00. The minimum absolute atomic E-state index is 0.128. The zero-order chi connectivity index (χ0) is 12.4. The first-order valence-corrected chi connectivity index (χ1v) is 6.59. The summed E-state index contributed by atoms with van der Waals surface area (Å²) in [4.78, 5) is 11.8. The van der Waals surface area contributed by atoms with Crippen molar-refractivity contribution < 1.29 is 4.74 Å². The van der Waals surface area contributed by atoms with Gasteiger partial charge in [-0.05, 0) is 50.1 Å². The fourth-order valence-electron chi connectivity index (χ4n) is 1.01. The van der Waals surface area contributed by atoms with E-state index in [2.05, 4.69) is 46.8 Å². The predicted octanol–water partition coefficient (Wildman–Crippen LogP) is 4.50. The standard InChI is InChI=1S/C9H3Br2Cl2N3O/c10-7-14-8(11)16-9(15-7)17-6-2-1-4(12)3-5(6)13/h1-3H. The number of aromatic nitrogens is 3. The molecule has 0 bridgehead atoms. The van der Waals surface area contributed by atoms with Crippen LogP contribution in [0.2, 0.25) is 10.0 Å². The molecule has 0 fully saturated rings. The third kappa shape index (κ3) is 3.51. The first-order chi connectivity index (χ1) is 8.04. The summed E-state index contributed by atoms with van der Waals surface area (Å²) in [5.41, 5.74) is 0. The fraction of sp³-hybridized carbons (Fsp3) is 0. The van der Waals surface area contributed by atoms with Crippen LogP contribution in [0, 0.1) is 0 Å². The van der Waals surface area contributed by atoms with Gasteiger partial charge in [0.1, 0.15) is 5.75 Å². The summed E-state index contributed by atoms with van der Waals surface area (Å²) in [6.07, 6.45) is 0. The highest BCUT2D eigenvalue weighted by Gasteiger charge is 2.08. The van der Waals surface area contributed by atoms with Crippen LogP contribution >= 0.6 is 55.1 Å². The zero-order valence-corrected chi connectivity index (χ0v) is 12.7. The molecule has 0 aliphatic rings. The van der Waals surface area contributed by atoms with Crippen molar-refractivity contribution in [1.29, 1.82) is 0 Å². The molecule has 17 heavy (non-hydrogen) atoms. The molecule has 0 saturated heterocycles. The van der Waals surface area contributed by atoms with Crippen LogP contribution in [0.25, 0.3) is 0 Å². The highest BCUT2D eigenvalue weighted by Crippen LogP contribution is 2.30. The van der Waals surface area contributed by atoms with Gasteiger partial charge in [0.05, 0.1) is 5.02 Å². The van der Waals surface area contributed by atoms with Crippen molar-refractivity contribution >= 4 is 55.1 Å². The van der Waals surface area contributed by atoms with Crippen molar-refractivity contribution in [2.24, 2.45) is 0 Å².